The Morgan fingerprint density at radius 3 is 2.27 bits per heavy atom. The minimum absolute atomic E-state index is 0.161. The molecule has 7 nitrogen and oxygen atoms in total. The molecule has 1 rings (SSSR count). The maximum absolute atomic E-state index is 12.2. The van der Waals surface area contributed by atoms with Crippen molar-refractivity contribution in [2.75, 3.05) is 20.8 Å². The van der Waals surface area contributed by atoms with E-state index in [2.05, 4.69) is 0 Å². The summed E-state index contributed by atoms with van der Waals surface area (Å²) < 4.78 is 24.1. The van der Waals surface area contributed by atoms with Crippen LogP contribution >= 0.6 is 0 Å². The quantitative estimate of drug-likeness (QED) is 0.431. The number of aliphatic hydroxyl groups excluding tert-OH is 4. The summed E-state index contributed by atoms with van der Waals surface area (Å²) in [5, 5.41) is 39.2. The monoisotopic (exact) mass is 316 g/mol. The van der Waals surface area contributed by atoms with Gasteiger partial charge in [0.1, 0.15) is 30.5 Å². The highest BCUT2D eigenvalue weighted by atomic mass is 16.5. The lowest BCUT2D eigenvalue weighted by atomic mass is 9.94. The molecule has 7 heteroatoms. The Labute approximate surface area is 131 Å². The van der Waals surface area contributed by atoms with Gasteiger partial charge in [0, 0.05) is 19.7 Å². The molecule has 0 aliphatic rings. The number of methoxy groups -OCH3 is 2. The number of benzene rings is 1. The second-order valence-corrected chi connectivity index (χ2v) is 4.68. The van der Waals surface area contributed by atoms with E-state index in [-0.39, 0.29) is 5.56 Å². The maximum Gasteiger partial charge on any atom is 0.194 e. The van der Waals surface area contributed by atoms with Gasteiger partial charge in [-0.3, -0.25) is 4.79 Å². The summed E-state index contributed by atoms with van der Waals surface area (Å²) in [5.74, 6) is -0.773. The van der Waals surface area contributed by atoms with Crippen LogP contribution in [0.25, 0.3) is 0 Å². The Balaban J connectivity index is 2.98. The zero-order valence-electron chi connectivity index (χ0n) is 13.9. The van der Waals surface area contributed by atoms with Crippen LogP contribution in [-0.4, -0.2) is 77.5 Å². The molecule has 0 saturated heterocycles. The van der Waals surface area contributed by atoms with Gasteiger partial charge in [-0.15, -0.1) is 0 Å². The van der Waals surface area contributed by atoms with Crippen LogP contribution in [0.5, 0.6) is 0 Å². The van der Waals surface area contributed by atoms with E-state index >= 15 is 0 Å². The number of hydrogen-bond acceptors (Lipinski definition) is 7. The number of Topliss-reactive ketones (excluding diaryl/α,β-unsaturated/α-hetero) is 1. The smallest absolute Gasteiger partial charge is 0.194 e. The summed E-state index contributed by atoms with van der Waals surface area (Å²) in [6.07, 6.45) is -8.14. The van der Waals surface area contributed by atoms with Crippen molar-refractivity contribution in [3.05, 3.63) is 35.9 Å². The number of hydrogen-bond donors (Lipinski definition) is 4. The number of ether oxygens (including phenoxy) is 2. The second-order valence-electron chi connectivity index (χ2n) is 4.68. The summed E-state index contributed by atoms with van der Waals surface area (Å²) in [7, 11) is -1.26. The molecule has 0 aliphatic carbocycles. The molecule has 22 heavy (non-hydrogen) atoms. The van der Waals surface area contributed by atoms with E-state index in [0.717, 1.165) is 0 Å². The van der Waals surface area contributed by atoms with Crippen LogP contribution in [-0.2, 0) is 9.47 Å². The van der Waals surface area contributed by atoms with E-state index < -0.39 is 57.1 Å². The number of aliphatic hydroxyl groups is 4. The number of carbonyl (C=O) groups is 1. The first-order chi connectivity index (χ1) is 11.5. The van der Waals surface area contributed by atoms with Crippen molar-refractivity contribution < 1.29 is 37.4 Å². The van der Waals surface area contributed by atoms with Crippen molar-refractivity contribution in [2.45, 2.75) is 30.5 Å². The van der Waals surface area contributed by atoms with Gasteiger partial charge >= 0.3 is 0 Å². The van der Waals surface area contributed by atoms with Crippen LogP contribution in [0, 0.1) is 0 Å². The van der Waals surface area contributed by atoms with Gasteiger partial charge in [-0.05, 0) is 0 Å². The van der Waals surface area contributed by atoms with E-state index in [1.54, 1.807) is 18.2 Å². The maximum atomic E-state index is 12.2. The molecule has 1 unspecified atom stereocenters. The average molecular weight is 316 g/mol. The molecule has 0 bridgehead atoms. The summed E-state index contributed by atoms with van der Waals surface area (Å²) in [6.45, 7) is -0.752. The molecule has 0 aliphatic heterocycles. The third kappa shape index (κ3) is 4.33. The molecule has 0 fully saturated rings. The zero-order chi connectivity index (χ0) is 18.1. The van der Waals surface area contributed by atoms with Crippen molar-refractivity contribution in [3.8, 4) is 0 Å². The predicted molar refractivity (Wildman–Crippen MR) is 77.5 cm³/mol. The van der Waals surface area contributed by atoms with Gasteiger partial charge in [-0.25, -0.2) is 0 Å². The zero-order valence-corrected chi connectivity index (χ0v) is 11.9. The van der Waals surface area contributed by atoms with E-state index in [1.165, 1.54) is 12.1 Å². The van der Waals surface area contributed by atoms with E-state index in [9.17, 15) is 20.1 Å². The minimum atomic E-state index is -1.90. The normalized spacial score (nSPS) is 19.5. The van der Waals surface area contributed by atoms with Crippen LogP contribution in [0.2, 0.25) is 0 Å². The SMILES string of the molecule is [2H]CO[C@@H]([C@H](OC[2H])[C@H](O)C(O)C(=O)c1ccccc1)[C@H](O)CO. The second kappa shape index (κ2) is 8.94. The summed E-state index contributed by atoms with van der Waals surface area (Å²) in [5.41, 5.74) is 0.161. The Morgan fingerprint density at radius 2 is 1.73 bits per heavy atom. The van der Waals surface area contributed by atoms with Crippen LogP contribution in [0.15, 0.2) is 30.3 Å². The Hall–Kier alpha value is -1.35. The largest absolute Gasteiger partial charge is 0.394 e. The minimum Gasteiger partial charge on any atom is -0.394 e. The van der Waals surface area contributed by atoms with Gasteiger partial charge in [0.05, 0.1) is 9.35 Å². The first kappa shape index (κ1) is 15.5. The van der Waals surface area contributed by atoms with Crippen molar-refractivity contribution in [3.63, 3.8) is 0 Å². The highest BCUT2D eigenvalue weighted by Gasteiger charge is 2.39. The van der Waals surface area contributed by atoms with Crippen LogP contribution in [0.3, 0.4) is 0 Å². The lowest BCUT2D eigenvalue weighted by Crippen LogP contribution is -2.53. The average Bonchev–Trinajstić information content (AvgIpc) is 2.62. The fourth-order valence-electron chi connectivity index (χ4n) is 2.02. The van der Waals surface area contributed by atoms with Gasteiger partial charge in [0.2, 0.25) is 0 Å². The molecule has 0 radical (unpaired) electrons. The predicted octanol–water partition coefficient (Wildman–Crippen LogP) is -1.03. The highest BCUT2D eigenvalue weighted by Crippen LogP contribution is 2.17. The van der Waals surface area contributed by atoms with Gasteiger partial charge < -0.3 is 29.9 Å². The molecule has 4 N–H and O–H groups in total. The van der Waals surface area contributed by atoms with Crippen molar-refractivity contribution in [1.82, 2.24) is 0 Å². The van der Waals surface area contributed by atoms with Crippen LogP contribution in [0.1, 0.15) is 13.1 Å². The van der Waals surface area contributed by atoms with Crippen molar-refractivity contribution >= 4 is 5.78 Å². The van der Waals surface area contributed by atoms with E-state index in [0.29, 0.717) is 0 Å². The molecule has 0 saturated carbocycles. The third-order valence-electron chi connectivity index (χ3n) is 3.26. The Bertz CT molecular complexity index is 488. The van der Waals surface area contributed by atoms with Gasteiger partial charge in [-0.2, -0.15) is 0 Å². The molecule has 0 amide bonds. The molecule has 0 spiro atoms. The molecular formula is C15H22O7. The molecule has 0 aromatic heterocycles. The lowest BCUT2D eigenvalue weighted by molar-refractivity contribution is -0.157. The molecule has 0 heterocycles. The molecular weight excluding hydrogens is 292 g/mol. The van der Waals surface area contributed by atoms with Gasteiger partial charge in [0.15, 0.2) is 5.78 Å². The van der Waals surface area contributed by atoms with Crippen molar-refractivity contribution in [1.29, 1.82) is 0 Å². The molecule has 5 atom stereocenters. The first-order valence-corrected chi connectivity index (χ1v) is 6.53. The fraction of sp³-hybridized carbons (Fsp3) is 0.533. The van der Waals surface area contributed by atoms with Crippen molar-refractivity contribution in [2.24, 2.45) is 0 Å². The number of rotatable bonds is 9. The highest BCUT2D eigenvalue weighted by molar-refractivity contribution is 5.99. The number of carbonyl (C=O) groups excluding carboxylic acids is 1. The molecule has 124 valence electrons. The summed E-state index contributed by atoms with van der Waals surface area (Å²) >= 11 is 0. The molecule has 1 aromatic carbocycles. The summed E-state index contributed by atoms with van der Waals surface area (Å²) in [6, 6.07) is 7.77. The Kier molecular flexibility index (Phi) is 6.32. The standard InChI is InChI=1S/C15H22O7/c1-21-14(10(17)8-16)15(22-2)13(20)12(19)11(18)9-6-4-3-5-7-9/h3-7,10,12-17,19-20H,8H2,1-2H3/t10-,12?,13-,14-,15-/m1/s1/i1D,2D. The fourth-order valence-corrected chi connectivity index (χ4v) is 2.02. The lowest BCUT2D eigenvalue weighted by Gasteiger charge is -2.32. The molecule has 1 aromatic rings. The Morgan fingerprint density at radius 1 is 1.14 bits per heavy atom. The first-order valence-electron chi connectivity index (χ1n) is 7.95. The van der Waals surface area contributed by atoms with Gasteiger partial charge in [0.25, 0.3) is 0 Å². The van der Waals surface area contributed by atoms with Gasteiger partial charge in [-0.1, -0.05) is 30.3 Å². The summed E-state index contributed by atoms with van der Waals surface area (Å²) in [4.78, 5) is 12.2. The number of ketones is 1. The van der Waals surface area contributed by atoms with E-state index in [1.807, 2.05) is 0 Å². The van der Waals surface area contributed by atoms with E-state index in [4.69, 9.17) is 17.3 Å². The van der Waals surface area contributed by atoms with Crippen LogP contribution < -0.4 is 0 Å². The topological polar surface area (TPSA) is 116 Å². The third-order valence-corrected chi connectivity index (χ3v) is 3.26. The van der Waals surface area contributed by atoms with Crippen LogP contribution in [0.4, 0.5) is 0 Å².